The normalized spacial score (nSPS) is 18.9. The number of hydrogen-bond donors (Lipinski definition) is 3. The summed E-state index contributed by atoms with van der Waals surface area (Å²) in [6.07, 6.45) is 9.74. The lowest BCUT2D eigenvalue weighted by Crippen LogP contribution is -2.42. The Morgan fingerprint density at radius 3 is 2.53 bits per heavy atom. The molecule has 5 nitrogen and oxygen atoms in total. The Bertz CT molecular complexity index is 296. The van der Waals surface area contributed by atoms with Crippen LogP contribution in [0.15, 0.2) is 12.3 Å². The maximum Gasteiger partial charge on any atom is 0.325 e. The number of rotatable bonds is 4. The van der Waals surface area contributed by atoms with E-state index in [9.17, 15) is 9.59 Å². The number of hydrogen-bond acceptors (Lipinski definition) is 2. The Morgan fingerprint density at radius 1 is 1.29 bits per heavy atom. The predicted molar refractivity (Wildman–Crippen MR) is 64.5 cm³/mol. The minimum Gasteiger partial charge on any atom is -0.480 e. The molecule has 0 spiro atoms. The molecule has 0 aliphatic heterocycles. The molecule has 0 aromatic rings. The molecule has 1 rings (SSSR count). The summed E-state index contributed by atoms with van der Waals surface area (Å²) in [6, 6.07) is -1.36. The molecule has 0 saturated heterocycles. The highest BCUT2D eigenvalue weighted by molar-refractivity contribution is 5.82. The van der Waals surface area contributed by atoms with Crippen molar-refractivity contribution >= 4 is 12.0 Å². The molecule has 0 aromatic carbocycles. The van der Waals surface area contributed by atoms with Gasteiger partial charge in [-0.15, -0.1) is 0 Å². The van der Waals surface area contributed by atoms with Crippen LogP contribution in [0.5, 0.6) is 0 Å². The Labute approximate surface area is 101 Å². The summed E-state index contributed by atoms with van der Waals surface area (Å²) in [5.74, 6) is -0.502. The third kappa shape index (κ3) is 5.38. The number of aliphatic carboxylic acids is 1. The summed E-state index contributed by atoms with van der Waals surface area (Å²) >= 11 is 0. The Balaban J connectivity index is 2.22. The zero-order valence-electron chi connectivity index (χ0n) is 10.1. The average molecular weight is 240 g/mol. The summed E-state index contributed by atoms with van der Waals surface area (Å²) < 4.78 is 0. The van der Waals surface area contributed by atoms with E-state index in [4.69, 9.17) is 5.11 Å². The van der Waals surface area contributed by atoms with Gasteiger partial charge in [0.1, 0.15) is 6.04 Å². The minimum atomic E-state index is -1.04. The molecule has 1 aliphatic rings. The van der Waals surface area contributed by atoms with E-state index in [1.165, 1.54) is 39.0 Å². The SMILES string of the molecule is CC(NC(=O)N/C=C/C1CCCCC1)C(=O)O. The molecular formula is C12H20N2O3. The van der Waals surface area contributed by atoms with E-state index in [2.05, 4.69) is 10.6 Å². The zero-order valence-corrected chi connectivity index (χ0v) is 10.1. The van der Waals surface area contributed by atoms with Gasteiger partial charge < -0.3 is 15.7 Å². The number of urea groups is 1. The lowest BCUT2D eigenvalue weighted by molar-refractivity contribution is -0.138. The third-order valence-corrected chi connectivity index (χ3v) is 2.95. The highest BCUT2D eigenvalue weighted by atomic mass is 16.4. The van der Waals surface area contributed by atoms with Gasteiger partial charge in [-0.25, -0.2) is 4.79 Å². The first-order chi connectivity index (χ1) is 8.09. The molecule has 1 saturated carbocycles. The third-order valence-electron chi connectivity index (χ3n) is 2.95. The van der Waals surface area contributed by atoms with Crippen molar-refractivity contribution in [1.29, 1.82) is 0 Å². The maximum atomic E-state index is 11.3. The van der Waals surface area contributed by atoms with Crippen LogP contribution < -0.4 is 10.6 Å². The monoisotopic (exact) mass is 240 g/mol. The van der Waals surface area contributed by atoms with E-state index in [0.29, 0.717) is 5.92 Å². The van der Waals surface area contributed by atoms with Crippen LogP contribution in [0.2, 0.25) is 0 Å². The second-order valence-electron chi connectivity index (χ2n) is 4.43. The zero-order chi connectivity index (χ0) is 12.7. The molecule has 1 aliphatic carbocycles. The number of carbonyl (C=O) groups is 2. The molecule has 3 N–H and O–H groups in total. The Morgan fingerprint density at radius 2 is 1.94 bits per heavy atom. The predicted octanol–water partition coefficient (Wildman–Crippen LogP) is 1.85. The van der Waals surface area contributed by atoms with E-state index in [1.807, 2.05) is 6.08 Å². The fraction of sp³-hybridized carbons (Fsp3) is 0.667. The average Bonchev–Trinajstić information content (AvgIpc) is 2.30. The van der Waals surface area contributed by atoms with Gasteiger partial charge in [0.05, 0.1) is 0 Å². The van der Waals surface area contributed by atoms with Gasteiger partial charge in [0.15, 0.2) is 0 Å². The molecule has 1 atom stereocenters. The molecule has 0 bridgehead atoms. The first-order valence-electron chi connectivity index (χ1n) is 6.06. The number of carboxylic acid groups (broad SMARTS) is 1. The van der Waals surface area contributed by atoms with Crippen molar-refractivity contribution in [2.45, 2.75) is 45.1 Å². The van der Waals surface area contributed by atoms with Crippen LogP contribution in [0, 0.1) is 5.92 Å². The lowest BCUT2D eigenvalue weighted by Gasteiger charge is -2.17. The first-order valence-corrected chi connectivity index (χ1v) is 6.06. The summed E-state index contributed by atoms with van der Waals surface area (Å²) in [5, 5.41) is 13.4. The number of nitrogens with one attached hydrogen (secondary N) is 2. The summed E-state index contributed by atoms with van der Waals surface area (Å²) in [6.45, 7) is 1.42. The van der Waals surface area contributed by atoms with Crippen molar-refractivity contribution in [2.24, 2.45) is 5.92 Å². The molecule has 1 fully saturated rings. The van der Waals surface area contributed by atoms with Crippen LogP contribution in [-0.2, 0) is 4.79 Å². The summed E-state index contributed by atoms with van der Waals surface area (Å²) in [7, 11) is 0. The number of carboxylic acids is 1. The molecular weight excluding hydrogens is 220 g/mol. The quantitative estimate of drug-likeness (QED) is 0.701. The highest BCUT2D eigenvalue weighted by Gasteiger charge is 2.13. The van der Waals surface area contributed by atoms with Gasteiger partial charge in [0.2, 0.25) is 0 Å². The topological polar surface area (TPSA) is 78.4 Å². The van der Waals surface area contributed by atoms with Gasteiger partial charge >= 0.3 is 12.0 Å². The van der Waals surface area contributed by atoms with E-state index >= 15 is 0 Å². The molecule has 17 heavy (non-hydrogen) atoms. The molecule has 1 unspecified atom stereocenters. The standard InChI is InChI=1S/C12H20N2O3/c1-9(11(15)16)14-12(17)13-8-7-10-5-3-2-4-6-10/h7-10H,2-6H2,1H3,(H,15,16)(H2,13,14,17)/b8-7+. The first kappa shape index (κ1) is 13.5. The number of allylic oxidation sites excluding steroid dienone is 1. The van der Waals surface area contributed by atoms with Gasteiger partial charge in [-0.05, 0) is 25.7 Å². The fourth-order valence-corrected chi connectivity index (χ4v) is 1.89. The van der Waals surface area contributed by atoms with Crippen LogP contribution in [0.4, 0.5) is 4.79 Å². The van der Waals surface area contributed by atoms with Crippen LogP contribution in [0.3, 0.4) is 0 Å². The van der Waals surface area contributed by atoms with Crippen molar-refractivity contribution < 1.29 is 14.7 Å². The largest absolute Gasteiger partial charge is 0.480 e. The second-order valence-corrected chi connectivity index (χ2v) is 4.43. The minimum absolute atomic E-state index is 0.480. The number of amides is 2. The van der Waals surface area contributed by atoms with Crippen LogP contribution >= 0.6 is 0 Å². The number of carbonyl (C=O) groups excluding carboxylic acids is 1. The molecule has 2 amide bonds. The van der Waals surface area contributed by atoms with Crippen molar-refractivity contribution in [3.8, 4) is 0 Å². The Hall–Kier alpha value is -1.52. The molecule has 0 aromatic heterocycles. The van der Waals surface area contributed by atoms with Crippen molar-refractivity contribution in [1.82, 2.24) is 10.6 Å². The van der Waals surface area contributed by atoms with Gasteiger partial charge in [-0.1, -0.05) is 25.3 Å². The van der Waals surface area contributed by atoms with Gasteiger partial charge in [-0.2, -0.15) is 0 Å². The van der Waals surface area contributed by atoms with Crippen LogP contribution in [-0.4, -0.2) is 23.1 Å². The lowest BCUT2D eigenvalue weighted by atomic mass is 9.89. The van der Waals surface area contributed by atoms with Crippen molar-refractivity contribution in [2.75, 3.05) is 0 Å². The van der Waals surface area contributed by atoms with Crippen LogP contribution in [0.25, 0.3) is 0 Å². The molecule has 96 valence electrons. The van der Waals surface area contributed by atoms with E-state index in [-0.39, 0.29) is 0 Å². The Kier molecular flexibility index (Phi) is 5.52. The fourth-order valence-electron chi connectivity index (χ4n) is 1.89. The molecule has 0 heterocycles. The highest BCUT2D eigenvalue weighted by Crippen LogP contribution is 2.24. The van der Waals surface area contributed by atoms with Gasteiger partial charge in [0, 0.05) is 6.20 Å². The van der Waals surface area contributed by atoms with Crippen molar-refractivity contribution in [3.05, 3.63) is 12.3 Å². The van der Waals surface area contributed by atoms with Crippen LogP contribution in [0.1, 0.15) is 39.0 Å². The summed E-state index contributed by atoms with van der Waals surface area (Å²) in [5.41, 5.74) is 0. The van der Waals surface area contributed by atoms with Gasteiger partial charge in [0.25, 0.3) is 0 Å². The van der Waals surface area contributed by atoms with Gasteiger partial charge in [-0.3, -0.25) is 4.79 Å². The van der Waals surface area contributed by atoms with E-state index in [1.54, 1.807) is 6.20 Å². The van der Waals surface area contributed by atoms with E-state index in [0.717, 1.165) is 0 Å². The molecule has 5 heteroatoms. The molecule has 0 radical (unpaired) electrons. The van der Waals surface area contributed by atoms with Crippen molar-refractivity contribution in [3.63, 3.8) is 0 Å². The second kappa shape index (κ2) is 6.93. The van der Waals surface area contributed by atoms with E-state index < -0.39 is 18.0 Å². The maximum absolute atomic E-state index is 11.3. The summed E-state index contributed by atoms with van der Waals surface area (Å²) in [4.78, 5) is 21.8. The smallest absolute Gasteiger partial charge is 0.325 e.